The predicted molar refractivity (Wildman–Crippen MR) is 71.5 cm³/mol. The molecule has 0 saturated heterocycles. The van der Waals surface area contributed by atoms with Crippen molar-refractivity contribution in [3.05, 3.63) is 23.8 Å². The Balaban J connectivity index is 2.09. The standard InChI is InChI=1S/C12H17N3OS/c1-8-3-4-10-11(5-8)15-12(14-10)17-7-9(6-16)13-2/h3-5,9,13,16H,6-7H2,1-2H3,(H,14,15). The Morgan fingerprint density at radius 1 is 1.53 bits per heavy atom. The van der Waals surface area contributed by atoms with Gasteiger partial charge in [-0.3, -0.25) is 0 Å². The fourth-order valence-electron chi connectivity index (χ4n) is 1.58. The predicted octanol–water partition coefficient (Wildman–Crippen LogP) is 1.54. The molecule has 0 radical (unpaired) electrons. The molecule has 2 rings (SSSR count). The number of aliphatic hydroxyl groups excluding tert-OH is 1. The number of H-pyrrole nitrogens is 1. The molecule has 92 valence electrons. The minimum Gasteiger partial charge on any atom is -0.395 e. The summed E-state index contributed by atoms with van der Waals surface area (Å²) < 4.78 is 0. The Morgan fingerprint density at radius 2 is 2.35 bits per heavy atom. The second-order valence-electron chi connectivity index (χ2n) is 4.04. The van der Waals surface area contributed by atoms with Crippen LogP contribution >= 0.6 is 11.8 Å². The van der Waals surface area contributed by atoms with Crippen LogP contribution in [0.15, 0.2) is 23.4 Å². The summed E-state index contributed by atoms with van der Waals surface area (Å²) in [5, 5.41) is 13.0. The number of thioether (sulfide) groups is 1. The Bertz CT molecular complexity index is 493. The molecule has 0 fully saturated rings. The second-order valence-corrected chi connectivity index (χ2v) is 5.05. The van der Waals surface area contributed by atoms with Crippen LogP contribution < -0.4 is 5.32 Å². The van der Waals surface area contributed by atoms with E-state index in [2.05, 4.69) is 34.3 Å². The molecule has 0 amide bonds. The van der Waals surface area contributed by atoms with Crippen molar-refractivity contribution < 1.29 is 5.11 Å². The van der Waals surface area contributed by atoms with E-state index in [1.165, 1.54) is 5.56 Å². The zero-order valence-electron chi connectivity index (χ0n) is 10.0. The zero-order chi connectivity index (χ0) is 12.3. The molecular weight excluding hydrogens is 234 g/mol. The zero-order valence-corrected chi connectivity index (χ0v) is 10.8. The number of nitrogens with zero attached hydrogens (tertiary/aromatic N) is 1. The summed E-state index contributed by atoms with van der Waals surface area (Å²) in [6, 6.07) is 6.28. The highest BCUT2D eigenvalue weighted by atomic mass is 32.2. The summed E-state index contributed by atoms with van der Waals surface area (Å²) in [6.07, 6.45) is 0. The van der Waals surface area contributed by atoms with Gasteiger partial charge in [0.05, 0.1) is 17.6 Å². The highest BCUT2D eigenvalue weighted by Gasteiger charge is 2.08. The molecule has 4 nitrogen and oxygen atoms in total. The molecular formula is C12H17N3OS. The van der Waals surface area contributed by atoms with Crippen LogP contribution in [0.2, 0.25) is 0 Å². The first-order valence-corrected chi connectivity index (χ1v) is 6.59. The van der Waals surface area contributed by atoms with Gasteiger partial charge in [-0.05, 0) is 31.7 Å². The van der Waals surface area contributed by atoms with E-state index in [4.69, 9.17) is 5.11 Å². The minimum absolute atomic E-state index is 0.106. The summed E-state index contributed by atoms with van der Waals surface area (Å²) in [6.45, 7) is 2.21. The maximum atomic E-state index is 9.07. The van der Waals surface area contributed by atoms with Crippen LogP contribution in [0.5, 0.6) is 0 Å². The Hall–Kier alpha value is -1.04. The summed E-state index contributed by atoms with van der Waals surface area (Å²) in [5.41, 5.74) is 3.28. The smallest absolute Gasteiger partial charge is 0.166 e. The molecule has 0 aliphatic rings. The van der Waals surface area contributed by atoms with Crippen molar-refractivity contribution in [3.63, 3.8) is 0 Å². The van der Waals surface area contributed by atoms with Gasteiger partial charge in [0.1, 0.15) is 0 Å². The van der Waals surface area contributed by atoms with Crippen LogP contribution in [0, 0.1) is 6.92 Å². The molecule has 1 aromatic carbocycles. The minimum atomic E-state index is 0.106. The van der Waals surface area contributed by atoms with Crippen molar-refractivity contribution in [1.82, 2.24) is 15.3 Å². The van der Waals surface area contributed by atoms with Crippen LogP contribution in [-0.4, -0.2) is 40.5 Å². The van der Waals surface area contributed by atoms with Crippen LogP contribution in [-0.2, 0) is 0 Å². The van der Waals surface area contributed by atoms with E-state index < -0.39 is 0 Å². The number of aryl methyl sites for hydroxylation is 1. The van der Waals surface area contributed by atoms with Gasteiger partial charge >= 0.3 is 0 Å². The van der Waals surface area contributed by atoms with E-state index in [-0.39, 0.29) is 12.6 Å². The summed E-state index contributed by atoms with van der Waals surface area (Å²) in [4.78, 5) is 7.77. The normalized spacial score (nSPS) is 13.1. The molecule has 17 heavy (non-hydrogen) atoms. The van der Waals surface area contributed by atoms with Gasteiger partial charge in [0, 0.05) is 11.8 Å². The second kappa shape index (κ2) is 5.53. The number of fused-ring (bicyclic) bond motifs is 1. The van der Waals surface area contributed by atoms with E-state index >= 15 is 0 Å². The van der Waals surface area contributed by atoms with Gasteiger partial charge < -0.3 is 15.4 Å². The number of nitrogens with one attached hydrogen (secondary N) is 2. The molecule has 1 heterocycles. The molecule has 0 saturated carbocycles. The van der Waals surface area contributed by atoms with Gasteiger partial charge in [-0.2, -0.15) is 0 Å². The van der Waals surface area contributed by atoms with Gasteiger partial charge in [0.15, 0.2) is 5.16 Å². The van der Waals surface area contributed by atoms with Crippen molar-refractivity contribution in [2.24, 2.45) is 0 Å². The molecule has 0 aliphatic carbocycles. The van der Waals surface area contributed by atoms with Gasteiger partial charge in [0.25, 0.3) is 0 Å². The van der Waals surface area contributed by atoms with Crippen LogP contribution in [0.25, 0.3) is 11.0 Å². The molecule has 0 bridgehead atoms. The molecule has 2 aromatic rings. The van der Waals surface area contributed by atoms with Crippen LogP contribution in [0.1, 0.15) is 5.56 Å². The molecule has 1 atom stereocenters. The number of rotatable bonds is 5. The fraction of sp³-hybridized carbons (Fsp3) is 0.417. The first-order chi connectivity index (χ1) is 8.22. The average molecular weight is 251 g/mol. The lowest BCUT2D eigenvalue weighted by Gasteiger charge is -2.10. The number of aromatic amines is 1. The highest BCUT2D eigenvalue weighted by Crippen LogP contribution is 2.20. The Kier molecular flexibility index (Phi) is 4.04. The number of imidazole rings is 1. The number of aliphatic hydroxyl groups is 1. The van der Waals surface area contributed by atoms with Crippen molar-refractivity contribution in [1.29, 1.82) is 0 Å². The third kappa shape index (κ3) is 3.00. The lowest BCUT2D eigenvalue weighted by atomic mass is 10.2. The van der Waals surface area contributed by atoms with E-state index in [0.717, 1.165) is 21.9 Å². The average Bonchev–Trinajstić information content (AvgIpc) is 2.72. The first-order valence-electron chi connectivity index (χ1n) is 5.60. The number of hydrogen-bond donors (Lipinski definition) is 3. The van der Waals surface area contributed by atoms with E-state index in [1.807, 2.05) is 13.1 Å². The fourth-order valence-corrected chi connectivity index (χ4v) is 2.55. The van der Waals surface area contributed by atoms with Gasteiger partial charge in [-0.25, -0.2) is 4.98 Å². The number of benzene rings is 1. The number of likely N-dealkylation sites (N-methyl/N-ethyl adjacent to an activating group) is 1. The number of hydrogen-bond acceptors (Lipinski definition) is 4. The quantitative estimate of drug-likeness (QED) is 0.706. The van der Waals surface area contributed by atoms with Gasteiger partial charge in [-0.15, -0.1) is 0 Å². The molecule has 1 aromatic heterocycles. The van der Waals surface area contributed by atoms with E-state index in [0.29, 0.717) is 0 Å². The van der Waals surface area contributed by atoms with E-state index in [1.54, 1.807) is 11.8 Å². The van der Waals surface area contributed by atoms with Gasteiger partial charge in [-0.1, -0.05) is 17.8 Å². The molecule has 1 unspecified atom stereocenters. The molecule has 5 heteroatoms. The molecule has 0 aliphatic heterocycles. The summed E-state index contributed by atoms with van der Waals surface area (Å²) in [5.74, 6) is 0.797. The lowest BCUT2D eigenvalue weighted by Crippen LogP contribution is -2.31. The third-order valence-electron chi connectivity index (χ3n) is 2.67. The molecule has 3 N–H and O–H groups in total. The van der Waals surface area contributed by atoms with Crippen LogP contribution in [0.4, 0.5) is 0 Å². The van der Waals surface area contributed by atoms with Crippen molar-refractivity contribution in [2.75, 3.05) is 19.4 Å². The maximum Gasteiger partial charge on any atom is 0.166 e. The van der Waals surface area contributed by atoms with Crippen LogP contribution in [0.3, 0.4) is 0 Å². The maximum absolute atomic E-state index is 9.07. The Labute approximate surface area is 105 Å². The Morgan fingerprint density at radius 3 is 3.06 bits per heavy atom. The SMILES string of the molecule is CNC(CO)CSc1nc2ccc(C)cc2[nH]1. The van der Waals surface area contributed by atoms with Crippen molar-refractivity contribution in [3.8, 4) is 0 Å². The molecule has 0 spiro atoms. The lowest BCUT2D eigenvalue weighted by molar-refractivity contribution is 0.260. The van der Waals surface area contributed by atoms with E-state index in [9.17, 15) is 0 Å². The van der Waals surface area contributed by atoms with Gasteiger partial charge in [0.2, 0.25) is 0 Å². The number of aromatic nitrogens is 2. The first kappa shape index (κ1) is 12.4. The monoisotopic (exact) mass is 251 g/mol. The van der Waals surface area contributed by atoms with Crippen molar-refractivity contribution in [2.45, 2.75) is 18.1 Å². The highest BCUT2D eigenvalue weighted by molar-refractivity contribution is 7.99. The largest absolute Gasteiger partial charge is 0.395 e. The third-order valence-corrected chi connectivity index (χ3v) is 3.70. The summed E-state index contributed by atoms with van der Waals surface area (Å²) >= 11 is 1.62. The topological polar surface area (TPSA) is 60.9 Å². The summed E-state index contributed by atoms with van der Waals surface area (Å²) in [7, 11) is 1.85. The van der Waals surface area contributed by atoms with Crippen molar-refractivity contribution >= 4 is 22.8 Å².